The van der Waals surface area contributed by atoms with Crippen LogP contribution in [0.4, 0.5) is 14.5 Å². The molecule has 1 aromatic heterocycles. The lowest BCUT2D eigenvalue weighted by Gasteiger charge is -2.05. The van der Waals surface area contributed by atoms with Gasteiger partial charge in [-0.3, -0.25) is 4.68 Å². The smallest absolute Gasteiger partial charge is 0.149 e. The Kier molecular flexibility index (Phi) is 3.92. The van der Waals surface area contributed by atoms with Crippen LogP contribution in [0.3, 0.4) is 0 Å². The molecule has 3 nitrogen and oxygen atoms in total. The van der Waals surface area contributed by atoms with Gasteiger partial charge in [-0.05, 0) is 18.6 Å². The zero-order chi connectivity index (χ0) is 13.0. The Hall–Kier alpha value is -1.91. The summed E-state index contributed by atoms with van der Waals surface area (Å²) in [5, 5.41) is 7.09. The summed E-state index contributed by atoms with van der Waals surface area (Å²) >= 11 is 0. The minimum absolute atomic E-state index is 0.291. The number of halogens is 2. The third-order valence-electron chi connectivity index (χ3n) is 2.55. The van der Waals surface area contributed by atoms with E-state index in [4.69, 9.17) is 0 Å². The van der Waals surface area contributed by atoms with Crippen LogP contribution in [0.15, 0.2) is 30.6 Å². The molecule has 1 heterocycles. The van der Waals surface area contributed by atoms with Crippen molar-refractivity contribution in [2.24, 2.45) is 0 Å². The summed E-state index contributed by atoms with van der Waals surface area (Å²) in [7, 11) is 0. The first kappa shape index (κ1) is 12.5. The maximum absolute atomic E-state index is 13.4. The summed E-state index contributed by atoms with van der Waals surface area (Å²) in [4.78, 5) is 0. The van der Waals surface area contributed by atoms with Crippen LogP contribution >= 0.6 is 0 Å². The molecule has 0 unspecified atom stereocenters. The van der Waals surface area contributed by atoms with Gasteiger partial charge < -0.3 is 5.32 Å². The highest BCUT2D eigenvalue weighted by Crippen LogP contribution is 2.15. The average molecular weight is 251 g/mol. The van der Waals surface area contributed by atoms with Crippen molar-refractivity contribution in [3.05, 3.63) is 47.8 Å². The predicted octanol–water partition coefficient (Wildman–Crippen LogP) is 3.18. The number of hydrogen-bond acceptors (Lipinski definition) is 2. The second kappa shape index (κ2) is 5.62. The summed E-state index contributed by atoms with van der Waals surface area (Å²) in [6.07, 6.45) is 4.67. The van der Waals surface area contributed by atoms with Crippen LogP contribution in [-0.4, -0.2) is 9.78 Å². The third kappa shape index (κ3) is 3.06. The zero-order valence-corrected chi connectivity index (χ0v) is 10.2. The quantitative estimate of drug-likeness (QED) is 0.884. The molecule has 0 spiro atoms. The van der Waals surface area contributed by atoms with Gasteiger partial charge in [-0.1, -0.05) is 6.92 Å². The highest BCUT2D eigenvalue weighted by molar-refractivity contribution is 5.45. The Morgan fingerprint density at radius 2 is 2.17 bits per heavy atom. The molecule has 2 rings (SSSR count). The lowest BCUT2D eigenvalue weighted by atomic mass is 10.2. The molecule has 1 N–H and O–H groups in total. The average Bonchev–Trinajstić information content (AvgIpc) is 2.76. The molecule has 0 saturated carbocycles. The van der Waals surface area contributed by atoms with Crippen molar-refractivity contribution < 1.29 is 8.78 Å². The molecule has 96 valence electrons. The van der Waals surface area contributed by atoms with Crippen LogP contribution in [0.2, 0.25) is 0 Å². The first-order chi connectivity index (χ1) is 8.69. The van der Waals surface area contributed by atoms with Gasteiger partial charge in [-0.25, -0.2) is 8.78 Å². The van der Waals surface area contributed by atoms with Crippen LogP contribution in [-0.2, 0) is 13.1 Å². The molecule has 1 aromatic carbocycles. The summed E-state index contributed by atoms with van der Waals surface area (Å²) in [6.45, 7) is 3.41. The van der Waals surface area contributed by atoms with Crippen LogP contribution in [0.25, 0.3) is 0 Å². The number of rotatable bonds is 5. The van der Waals surface area contributed by atoms with Gasteiger partial charge in [-0.2, -0.15) is 5.10 Å². The minimum atomic E-state index is -0.587. The molecule has 0 fully saturated rings. The van der Waals surface area contributed by atoms with E-state index in [-0.39, 0.29) is 0 Å². The van der Waals surface area contributed by atoms with Gasteiger partial charge in [0.2, 0.25) is 0 Å². The van der Waals surface area contributed by atoms with Crippen molar-refractivity contribution in [1.29, 1.82) is 0 Å². The third-order valence-corrected chi connectivity index (χ3v) is 2.55. The van der Waals surface area contributed by atoms with Crippen molar-refractivity contribution in [3.63, 3.8) is 0 Å². The molecular formula is C13H15F2N3. The first-order valence-electron chi connectivity index (χ1n) is 5.89. The molecule has 0 bridgehead atoms. The molecule has 0 radical (unpaired) electrons. The number of nitrogens with zero attached hydrogens (tertiary/aromatic N) is 2. The molecule has 0 aliphatic heterocycles. The monoisotopic (exact) mass is 251 g/mol. The van der Waals surface area contributed by atoms with Crippen LogP contribution in [0.5, 0.6) is 0 Å². The van der Waals surface area contributed by atoms with Gasteiger partial charge in [0.15, 0.2) is 0 Å². The van der Waals surface area contributed by atoms with E-state index in [0.29, 0.717) is 12.2 Å². The van der Waals surface area contributed by atoms with Gasteiger partial charge >= 0.3 is 0 Å². The number of hydrogen-bond donors (Lipinski definition) is 1. The fraction of sp³-hybridized carbons (Fsp3) is 0.308. The second-order valence-electron chi connectivity index (χ2n) is 4.09. The van der Waals surface area contributed by atoms with Crippen molar-refractivity contribution in [2.45, 2.75) is 26.4 Å². The fourth-order valence-corrected chi connectivity index (χ4v) is 1.68. The number of nitrogens with one attached hydrogen (secondary N) is 1. The van der Waals surface area contributed by atoms with Gasteiger partial charge in [0.1, 0.15) is 11.6 Å². The van der Waals surface area contributed by atoms with Crippen molar-refractivity contribution >= 4 is 5.69 Å². The number of anilines is 1. The van der Waals surface area contributed by atoms with Crippen LogP contribution in [0, 0.1) is 11.6 Å². The minimum Gasteiger partial charge on any atom is -0.378 e. The van der Waals surface area contributed by atoms with Gasteiger partial charge in [0.25, 0.3) is 0 Å². The Morgan fingerprint density at radius 3 is 2.89 bits per heavy atom. The Labute approximate surface area is 104 Å². The van der Waals surface area contributed by atoms with Crippen molar-refractivity contribution in [1.82, 2.24) is 9.78 Å². The van der Waals surface area contributed by atoms with Gasteiger partial charge in [0, 0.05) is 30.9 Å². The highest BCUT2D eigenvalue weighted by atomic mass is 19.1. The molecule has 2 aromatic rings. The van der Waals surface area contributed by atoms with E-state index < -0.39 is 11.6 Å². The van der Waals surface area contributed by atoms with Crippen molar-refractivity contribution in [2.75, 3.05) is 5.32 Å². The normalized spacial score (nSPS) is 10.6. The summed E-state index contributed by atoms with van der Waals surface area (Å²) in [6, 6.07) is 3.48. The molecular weight excluding hydrogens is 236 g/mol. The zero-order valence-electron chi connectivity index (χ0n) is 10.2. The molecule has 0 aliphatic carbocycles. The Balaban J connectivity index is 1.97. The SMILES string of the molecule is CCCn1cc(CNc2ccc(F)cc2F)cn1. The van der Waals surface area contributed by atoms with Gasteiger partial charge in [-0.15, -0.1) is 0 Å². The lowest BCUT2D eigenvalue weighted by molar-refractivity contribution is 0.585. The lowest BCUT2D eigenvalue weighted by Crippen LogP contribution is -2.01. The molecule has 0 atom stereocenters. The highest BCUT2D eigenvalue weighted by Gasteiger charge is 2.04. The molecule has 18 heavy (non-hydrogen) atoms. The fourth-order valence-electron chi connectivity index (χ4n) is 1.68. The number of benzene rings is 1. The van der Waals surface area contributed by atoms with E-state index >= 15 is 0 Å². The van der Waals surface area contributed by atoms with E-state index in [0.717, 1.165) is 24.6 Å². The standard InChI is InChI=1S/C13H15F2N3/c1-2-5-18-9-10(8-17-18)7-16-13-4-3-11(14)6-12(13)15/h3-4,6,8-9,16H,2,5,7H2,1H3. The maximum Gasteiger partial charge on any atom is 0.149 e. The Morgan fingerprint density at radius 1 is 1.33 bits per heavy atom. The van der Waals surface area contributed by atoms with Gasteiger partial charge in [0.05, 0.1) is 11.9 Å². The molecule has 0 saturated heterocycles. The topological polar surface area (TPSA) is 29.9 Å². The number of aryl methyl sites for hydroxylation is 1. The van der Waals surface area contributed by atoms with Crippen LogP contribution in [0.1, 0.15) is 18.9 Å². The summed E-state index contributed by atoms with van der Waals surface area (Å²) in [5.74, 6) is -1.16. The van der Waals surface area contributed by atoms with E-state index in [1.54, 1.807) is 6.20 Å². The van der Waals surface area contributed by atoms with E-state index in [1.807, 2.05) is 10.9 Å². The number of aromatic nitrogens is 2. The summed E-state index contributed by atoms with van der Waals surface area (Å²) < 4.78 is 27.9. The Bertz CT molecular complexity index is 523. The predicted molar refractivity (Wildman–Crippen MR) is 66.2 cm³/mol. The molecule has 0 aliphatic rings. The molecule has 0 amide bonds. The van der Waals surface area contributed by atoms with Crippen molar-refractivity contribution in [3.8, 4) is 0 Å². The summed E-state index contributed by atoms with van der Waals surface area (Å²) in [5.41, 5.74) is 1.26. The second-order valence-corrected chi connectivity index (χ2v) is 4.09. The van der Waals surface area contributed by atoms with Crippen LogP contribution < -0.4 is 5.32 Å². The van der Waals surface area contributed by atoms with E-state index in [9.17, 15) is 8.78 Å². The van der Waals surface area contributed by atoms with E-state index in [1.165, 1.54) is 12.1 Å². The molecule has 5 heteroatoms. The van der Waals surface area contributed by atoms with E-state index in [2.05, 4.69) is 17.3 Å². The maximum atomic E-state index is 13.4. The first-order valence-corrected chi connectivity index (χ1v) is 5.89. The largest absolute Gasteiger partial charge is 0.378 e.